The molecule has 0 spiro atoms. The number of methoxy groups -OCH3 is 3. The van der Waals surface area contributed by atoms with Gasteiger partial charge < -0.3 is 24.2 Å². The number of ketones is 1. The van der Waals surface area contributed by atoms with Gasteiger partial charge in [0.2, 0.25) is 0 Å². The van der Waals surface area contributed by atoms with Crippen LogP contribution in [0, 0.1) is 0 Å². The fourth-order valence-electron chi connectivity index (χ4n) is 4.44. The highest BCUT2D eigenvalue weighted by atomic mass is 16.5. The highest BCUT2D eigenvalue weighted by Gasteiger charge is 2.46. The number of benzene rings is 3. The summed E-state index contributed by atoms with van der Waals surface area (Å²) in [7, 11) is 4.64. The lowest BCUT2D eigenvalue weighted by Gasteiger charge is -2.26. The van der Waals surface area contributed by atoms with Crippen molar-refractivity contribution < 1.29 is 28.9 Å². The summed E-state index contributed by atoms with van der Waals surface area (Å²) in [6, 6.07) is 17.5. The molecular formula is C27H27NO6. The average Bonchev–Trinajstić information content (AvgIpc) is 3.12. The van der Waals surface area contributed by atoms with E-state index in [-0.39, 0.29) is 11.3 Å². The lowest BCUT2D eigenvalue weighted by atomic mass is 9.93. The Hall–Kier alpha value is -3.84. The van der Waals surface area contributed by atoms with Gasteiger partial charge in [0.25, 0.3) is 11.7 Å². The largest absolute Gasteiger partial charge is 0.507 e. The van der Waals surface area contributed by atoms with Crippen molar-refractivity contribution in [3.63, 3.8) is 0 Å². The van der Waals surface area contributed by atoms with Gasteiger partial charge in [-0.25, -0.2) is 0 Å². The zero-order chi connectivity index (χ0) is 24.2. The molecule has 1 fully saturated rings. The summed E-state index contributed by atoms with van der Waals surface area (Å²) >= 11 is 0. The van der Waals surface area contributed by atoms with Gasteiger partial charge in [-0.1, -0.05) is 48.5 Å². The Balaban J connectivity index is 1.92. The second-order valence-corrected chi connectivity index (χ2v) is 7.98. The van der Waals surface area contributed by atoms with Crippen molar-refractivity contribution in [3.05, 3.63) is 77.4 Å². The van der Waals surface area contributed by atoms with Crippen LogP contribution in [0.25, 0.3) is 16.5 Å². The Morgan fingerprint density at radius 3 is 2.41 bits per heavy atom. The molecular weight excluding hydrogens is 434 g/mol. The first kappa shape index (κ1) is 23.3. The molecule has 0 bridgehead atoms. The van der Waals surface area contributed by atoms with Gasteiger partial charge in [-0.05, 0) is 34.9 Å². The minimum atomic E-state index is -0.782. The summed E-state index contributed by atoms with van der Waals surface area (Å²) in [6.45, 7) is 0.731. The van der Waals surface area contributed by atoms with Crippen molar-refractivity contribution in [2.45, 2.75) is 12.5 Å². The van der Waals surface area contributed by atoms with Crippen molar-refractivity contribution >= 4 is 28.2 Å². The van der Waals surface area contributed by atoms with Crippen LogP contribution in [0.2, 0.25) is 0 Å². The van der Waals surface area contributed by atoms with Gasteiger partial charge >= 0.3 is 0 Å². The molecule has 1 amide bonds. The van der Waals surface area contributed by atoms with E-state index in [1.165, 1.54) is 19.1 Å². The molecule has 1 atom stereocenters. The molecule has 7 heteroatoms. The highest BCUT2D eigenvalue weighted by molar-refractivity contribution is 6.46. The lowest BCUT2D eigenvalue weighted by Crippen LogP contribution is -2.31. The third kappa shape index (κ3) is 4.10. The standard InChI is InChI=1S/C27H27NO6/c1-32-15-7-14-28-24(18-12-13-21(33-2)22(16-18)34-3)23(26(30)27(28)31)25(29)20-11-6-9-17-8-4-5-10-19(17)20/h4-6,8-13,16,24,29H,7,14-15H2,1-3H3/b25-23+. The molecule has 3 aromatic rings. The van der Waals surface area contributed by atoms with Gasteiger partial charge in [0.1, 0.15) is 5.76 Å². The van der Waals surface area contributed by atoms with Gasteiger partial charge in [0.05, 0.1) is 25.8 Å². The molecule has 0 aliphatic carbocycles. The molecule has 4 rings (SSSR count). The van der Waals surface area contributed by atoms with Gasteiger partial charge in [-0.2, -0.15) is 0 Å². The average molecular weight is 462 g/mol. The zero-order valence-corrected chi connectivity index (χ0v) is 19.4. The summed E-state index contributed by atoms with van der Waals surface area (Å²) in [4.78, 5) is 27.9. The van der Waals surface area contributed by atoms with E-state index >= 15 is 0 Å². The number of hydrogen-bond acceptors (Lipinski definition) is 6. The number of likely N-dealkylation sites (tertiary alicyclic amines) is 1. The Bertz CT molecular complexity index is 1260. The fraction of sp³-hybridized carbons (Fsp3) is 0.259. The second kappa shape index (κ2) is 9.97. The number of aliphatic hydroxyl groups is 1. The van der Waals surface area contributed by atoms with Gasteiger partial charge in [-0.15, -0.1) is 0 Å². The second-order valence-electron chi connectivity index (χ2n) is 7.98. The van der Waals surface area contributed by atoms with Crippen molar-refractivity contribution in [1.29, 1.82) is 0 Å². The van der Waals surface area contributed by atoms with Crippen LogP contribution in [-0.2, 0) is 14.3 Å². The molecule has 1 heterocycles. The minimum Gasteiger partial charge on any atom is -0.507 e. The smallest absolute Gasteiger partial charge is 0.295 e. The van der Waals surface area contributed by atoms with Crippen molar-refractivity contribution in [2.75, 3.05) is 34.5 Å². The molecule has 1 N–H and O–H groups in total. The van der Waals surface area contributed by atoms with Crippen LogP contribution < -0.4 is 9.47 Å². The Labute approximate surface area is 198 Å². The summed E-state index contributed by atoms with van der Waals surface area (Å²) < 4.78 is 15.9. The maximum absolute atomic E-state index is 13.3. The van der Waals surface area contributed by atoms with E-state index in [1.807, 2.05) is 36.4 Å². The van der Waals surface area contributed by atoms with Gasteiger partial charge in [-0.3, -0.25) is 9.59 Å². The summed E-state index contributed by atoms with van der Waals surface area (Å²) in [5.74, 6) is -0.589. The highest BCUT2D eigenvalue weighted by Crippen LogP contribution is 2.42. The molecule has 3 aromatic carbocycles. The molecule has 176 valence electrons. The third-order valence-electron chi connectivity index (χ3n) is 6.06. The fourth-order valence-corrected chi connectivity index (χ4v) is 4.44. The molecule has 34 heavy (non-hydrogen) atoms. The minimum absolute atomic E-state index is 0.0472. The monoisotopic (exact) mass is 461 g/mol. The molecule has 7 nitrogen and oxygen atoms in total. The van der Waals surface area contributed by atoms with Gasteiger partial charge in [0, 0.05) is 25.8 Å². The van der Waals surface area contributed by atoms with E-state index in [1.54, 1.807) is 31.4 Å². The number of ether oxygens (including phenoxy) is 3. The third-order valence-corrected chi connectivity index (χ3v) is 6.06. The van der Waals surface area contributed by atoms with Crippen LogP contribution in [0.5, 0.6) is 11.5 Å². The predicted octanol–water partition coefficient (Wildman–Crippen LogP) is 4.32. The van der Waals surface area contributed by atoms with Crippen LogP contribution in [-0.4, -0.2) is 56.2 Å². The summed E-state index contributed by atoms with van der Waals surface area (Å²) in [5.41, 5.74) is 1.18. The van der Waals surface area contributed by atoms with Gasteiger partial charge in [0.15, 0.2) is 11.5 Å². The molecule has 1 saturated heterocycles. The SMILES string of the molecule is COCCCN1C(=O)C(=O)/C(=C(/O)c2cccc3ccccc23)C1c1ccc(OC)c(OC)c1. The molecule has 0 radical (unpaired) electrons. The number of carbonyl (C=O) groups is 2. The topological polar surface area (TPSA) is 85.3 Å². The number of amides is 1. The van der Waals surface area contributed by atoms with E-state index < -0.39 is 17.7 Å². The van der Waals surface area contributed by atoms with Crippen LogP contribution in [0.1, 0.15) is 23.6 Å². The molecule has 0 saturated carbocycles. The number of fused-ring (bicyclic) bond motifs is 1. The number of aliphatic hydroxyl groups excluding tert-OH is 1. The van der Waals surface area contributed by atoms with E-state index in [9.17, 15) is 14.7 Å². The molecule has 1 aliphatic heterocycles. The summed E-state index contributed by atoms with van der Waals surface area (Å²) in [5, 5.41) is 13.2. The number of hydrogen-bond donors (Lipinski definition) is 1. The predicted molar refractivity (Wildman–Crippen MR) is 129 cm³/mol. The number of carbonyl (C=O) groups excluding carboxylic acids is 2. The van der Waals surface area contributed by atoms with Crippen molar-refractivity contribution in [2.24, 2.45) is 0 Å². The zero-order valence-electron chi connectivity index (χ0n) is 19.4. The maximum Gasteiger partial charge on any atom is 0.295 e. The molecule has 1 aliphatic rings. The van der Waals surface area contributed by atoms with Crippen LogP contribution in [0.3, 0.4) is 0 Å². The molecule has 1 unspecified atom stereocenters. The Morgan fingerprint density at radius 2 is 1.68 bits per heavy atom. The maximum atomic E-state index is 13.3. The van der Waals surface area contributed by atoms with E-state index in [2.05, 4.69) is 0 Å². The van der Waals surface area contributed by atoms with E-state index in [4.69, 9.17) is 14.2 Å². The first-order chi connectivity index (χ1) is 16.5. The Kier molecular flexibility index (Phi) is 6.84. The quantitative estimate of drug-likeness (QED) is 0.233. The number of rotatable bonds is 8. The number of nitrogens with zero attached hydrogens (tertiary/aromatic N) is 1. The summed E-state index contributed by atoms with van der Waals surface area (Å²) in [6.07, 6.45) is 0.543. The first-order valence-corrected chi connectivity index (χ1v) is 11.0. The van der Waals surface area contributed by atoms with E-state index in [0.717, 1.165) is 10.8 Å². The Morgan fingerprint density at radius 1 is 0.941 bits per heavy atom. The number of Topliss-reactive ketones (excluding diaryl/α,β-unsaturated/α-hetero) is 1. The van der Waals surface area contributed by atoms with Crippen molar-refractivity contribution in [3.8, 4) is 11.5 Å². The van der Waals surface area contributed by atoms with Crippen LogP contribution in [0.15, 0.2) is 66.2 Å². The lowest BCUT2D eigenvalue weighted by molar-refractivity contribution is -0.140. The first-order valence-electron chi connectivity index (χ1n) is 11.0. The van der Waals surface area contributed by atoms with Crippen molar-refractivity contribution in [1.82, 2.24) is 4.90 Å². The van der Waals surface area contributed by atoms with Crippen LogP contribution in [0.4, 0.5) is 0 Å². The van der Waals surface area contributed by atoms with Crippen LogP contribution >= 0.6 is 0 Å². The molecule has 0 aromatic heterocycles. The van der Waals surface area contributed by atoms with E-state index in [0.29, 0.717) is 42.2 Å². The normalized spacial score (nSPS) is 17.4.